The van der Waals surface area contributed by atoms with E-state index in [9.17, 15) is 13.2 Å². The molecule has 1 atom stereocenters. The Bertz CT molecular complexity index is 566. The molecular weight excluding hydrogens is 290 g/mol. The van der Waals surface area contributed by atoms with Crippen LogP contribution in [0.1, 0.15) is 32.8 Å². The molecule has 0 radical (unpaired) electrons. The fourth-order valence-electron chi connectivity index (χ4n) is 1.98. The highest BCUT2D eigenvalue weighted by Gasteiger charge is 2.24. The molecular formula is C15H23NO4S. The maximum absolute atomic E-state index is 12.6. The van der Waals surface area contributed by atoms with Crippen LogP contribution < -0.4 is 0 Å². The molecule has 1 rings (SSSR count). The lowest BCUT2D eigenvalue weighted by Gasteiger charge is -2.23. The normalized spacial score (nSPS) is 13.3. The van der Waals surface area contributed by atoms with Crippen LogP contribution in [0.5, 0.6) is 0 Å². The van der Waals surface area contributed by atoms with Crippen LogP contribution >= 0.6 is 0 Å². The molecule has 0 bridgehead atoms. The SMILES string of the molecule is CCC(C)CN(CC)S(=O)(=O)c1ccc(CC(=O)O)cc1. The van der Waals surface area contributed by atoms with Crippen LogP contribution in [0, 0.1) is 5.92 Å². The Morgan fingerprint density at radius 2 is 1.81 bits per heavy atom. The second kappa shape index (κ2) is 7.56. The molecule has 0 aliphatic carbocycles. The highest BCUT2D eigenvalue weighted by molar-refractivity contribution is 7.89. The first-order chi connectivity index (χ1) is 9.81. The van der Waals surface area contributed by atoms with Gasteiger partial charge in [-0.05, 0) is 23.6 Å². The van der Waals surface area contributed by atoms with Crippen molar-refractivity contribution in [2.45, 2.75) is 38.5 Å². The Morgan fingerprint density at radius 1 is 1.24 bits per heavy atom. The van der Waals surface area contributed by atoms with E-state index in [1.807, 2.05) is 20.8 Å². The molecule has 0 amide bonds. The number of hydrogen-bond acceptors (Lipinski definition) is 3. The van der Waals surface area contributed by atoms with Crippen molar-refractivity contribution in [1.82, 2.24) is 4.31 Å². The molecule has 1 unspecified atom stereocenters. The molecule has 6 heteroatoms. The molecule has 5 nitrogen and oxygen atoms in total. The van der Waals surface area contributed by atoms with Gasteiger partial charge in [-0.25, -0.2) is 8.42 Å². The van der Waals surface area contributed by atoms with Crippen molar-refractivity contribution in [3.63, 3.8) is 0 Å². The first-order valence-electron chi connectivity index (χ1n) is 7.12. The lowest BCUT2D eigenvalue weighted by Crippen LogP contribution is -2.34. The summed E-state index contributed by atoms with van der Waals surface area (Å²) in [5.41, 5.74) is 0.589. The molecule has 21 heavy (non-hydrogen) atoms. The number of sulfonamides is 1. The number of aliphatic carboxylic acids is 1. The van der Waals surface area contributed by atoms with Gasteiger partial charge in [0.25, 0.3) is 0 Å². The van der Waals surface area contributed by atoms with Gasteiger partial charge in [0.2, 0.25) is 10.0 Å². The lowest BCUT2D eigenvalue weighted by atomic mass is 10.1. The molecule has 1 N–H and O–H groups in total. The van der Waals surface area contributed by atoms with E-state index in [2.05, 4.69) is 0 Å². The summed E-state index contributed by atoms with van der Waals surface area (Å²) >= 11 is 0. The molecule has 1 aromatic carbocycles. The Balaban J connectivity index is 2.97. The molecule has 0 fully saturated rings. The predicted molar refractivity (Wildman–Crippen MR) is 81.7 cm³/mol. The minimum absolute atomic E-state index is 0.106. The van der Waals surface area contributed by atoms with E-state index in [-0.39, 0.29) is 11.3 Å². The summed E-state index contributed by atoms with van der Waals surface area (Å²) in [6.45, 7) is 6.79. The van der Waals surface area contributed by atoms with Gasteiger partial charge in [0, 0.05) is 13.1 Å². The average molecular weight is 313 g/mol. The van der Waals surface area contributed by atoms with Gasteiger partial charge < -0.3 is 5.11 Å². The van der Waals surface area contributed by atoms with Crippen LogP contribution in [0.4, 0.5) is 0 Å². The zero-order valence-electron chi connectivity index (χ0n) is 12.7. The van der Waals surface area contributed by atoms with Crippen LogP contribution in [0.25, 0.3) is 0 Å². The average Bonchev–Trinajstić information content (AvgIpc) is 2.44. The number of rotatable bonds is 8. The third-order valence-electron chi connectivity index (χ3n) is 3.48. The number of carbonyl (C=O) groups is 1. The van der Waals surface area contributed by atoms with Gasteiger partial charge in [0.1, 0.15) is 0 Å². The summed E-state index contributed by atoms with van der Waals surface area (Å²) < 4.78 is 26.6. The molecule has 0 aliphatic rings. The fourth-order valence-corrected chi connectivity index (χ4v) is 3.55. The number of nitrogens with zero attached hydrogens (tertiary/aromatic N) is 1. The molecule has 0 saturated heterocycles. The summed E-state index contributed by atoms with van der Waals surface area (Å²) in [4.78, 5) is 10.8. The Morgan fingerprint density at radius 3 is 2.24 bits per heavy atom. The predicted octanol–water partition coefficient (Wildman–Crippen LogP) is 2.37. The van der Waals surface area contributed by atoms with Gasteiger partial charge in [0.15, 0.2) is 0 Å². The maximum atomic E-state index is 12.6. The summed E-state index contributed by atoms with van der Waals surface area (Å²) in [5.74, 6) is -0.636. The highest BCUT2D eigenvalue weighted by Crippen LogP contribution is 2.18. The van der Waals surface area contributed by atoms with Gasteiger partial charge in [-0.15, -0.1) is 0 Å². The van der Waals surface area contributed by atoms with E-state index in [0.29, 0.717) is 24.6 Å². The Kier molecular flexibility index (Phi) is 6.36. The van der Waals surface area contributed by atoms with Crippen LogP contribution in [0.3, 0.4) is 0 Å². The second-order valence-corrected chi connectivity index (χ2v) is 7.12. The topological polar surface area (TPSA) is 74.7 Å². The molecule has 0 saturated carbocycles. The summed E-state index contributed by atoms with van der Waals surface area (Å²) in [5, 5.41) is 8.72. The molecule has 0 aromatic heterocycles. The quantitative estimate of drug-likeness (QED) is 0.799. The van der Waals surface area contributed by atoms with E-state index < -0.39 is 16.0 Å². The van der Waals surface area contributed by atoms with E-state index in [1.54, 1.807) is 12.1 Å². The van der Waals surface area contributed by atoms with Crippen molar-refractivity contribution < 1.29 is 18.3 Å². The summed E-state index contributed by atoms with van der Waals surface area (Å²) in [6, 6.07) is 6.07. The van der Waals surface area contributed by atoms with E-state index in [0.717, 1.165) is 6.42 Å². The molecule has 0 heterocycles. The zero-order valence-corrected chi connectivity index (χ0v) is 13.6. The van der Waals surface area contributed by atoms with Crippen molar-refractivity contribution in [2.75, 3.05) is 13.1 Å². The highest BCUT2D eigenvalue weighted by atomic mass is 32.2. The largest absolute Gasteiger partial charge is 0.481 e. The van der Waals surface area contributed by atoms with Crippen molar-refractivity contribution in [3.8, 4) is 0 Å². The molecule has 1 aromatic rings. The second-order valence-electron chi connectivity index (χ2n) is 5.18. The maximum Gasteiger partial charge on any atom is 0.307 e. The van der Waals surface area contributed by atoms with Crippen LogP contribution in [0.2, 0.25) is 0 Å². The molecule has 0 spiro atoms. The van der Waals surface area contributed by atoms with E-state index in [4.69, 9.17) is 5.11 Å². The lowest BCUT2D eigenvalue weighted by molar-refractivity contribution is -0.136. The third-order valence-corrected chi connectivity index (χ3v) is 5.44. The third kappa shape index (κ3) is 4.82. The monoisotopic (exact) mass is 313 g/mol. The minimum atomic E-state index is -3.52. The smallest absolute Gasteiger partial charge is 0.307 e. The van der Waals surface area contributed by atoms with Crippen molar-refractivity contribution in [1.29, 1.82) is 0 Å². The summed E-state index contributed by atoms with van der Waals surface area (Å²) in [6.07, 6.45) is 0.814. The van der Waals surface area contributed by atoms with Gasteiger partial charge >= 0.3 is 5.97 Å². The minimum Gasteiger partial charge on any atom is -0.481 e. The van der Waals surface area contributed by atoms with Crippen molar-refractivity contribution in [2.24, 2.45) is 5.92 Å². The summed E-state index contributed by atoms with van der Waals surface area (Å²) in [7, 11) is -3.52. The van der Waals surface area contributed by atoms with E-state index in [1.165, 1.54) is 16.4 Å². The van der Waals surface area contributed by atoms with Crippen LogP contribution in [0.15, 0.2) is 29.2 Å². The van der Waals surface area contributed by atoms with Crippen molar-refractivity contribution in [3.05, 3.63) is 29.8 Å². The fraction of sp³-hybridized carbons (Fsp3) is 0.533. The van der Waals surface area contributed by atoms with Gasteiger partial charge in [-0.2, -0.15) is 4.31 Å². The zero-order chi connectivity index (χ0) is 16.0. The number of hydrogen-bond donors (Lipinski definition) is 1. The Labute approximate surface area is 126 Å². The van der Waals surface area contributed by atoms with Gasteiger partial charge in [-0.1, -0.05) is 39.3 Å². The van der Waals surface area contributed by atoms with Gasteiger partial charge in [0.05, 0.1) is 11.3 Å². The standard InChI is InChI=1S/C15H23NO4S/c1-4-12(3)11-16(5-2)21(19,20)14-8-6-13(7-9-14)10-15(17)18/h6-9,12H,4-5,10-11H2,1-3H3,(H,17,18). The first-order valence-corrected chi connectivity index (χ1v) is 8.56. The van der Waals surface area contributed by atoms with Crippen LogP contribution in [-0.2, 0) is 21.2 Å². The van der Waals surface area contributed by atoms with Crippen LogP contribution in [-0.4, -0.2) is 36.9 Å². The van der Waals surface area contributed by atoms with E-state index >= 15 is 0 Å². The van der Waals surface area contributed by atoms with Gasteiger partial charge in [-0.3, -0.25) is 4.79 Å². The number of carboxylic acids is 1. The number of carboxylic acid groups (broad SMARTS) is 1. The molecule has 0 aliphatic heterocycles. The van der Waals surface area contributed by atoms with Crippen molar-refractivity contribution >= 4 is 16.0 Å². The number of benzene rings is 1. The Hall–Kier alpha value is -1.40. The first kappa shape index (κ1) is 17.7. The molecule has 118 valence electrons.